The summed E-state index contributed by atoms with van der Waals surface area (Å²) >= 11 is 0. The van der Waals surface area contributed by atoms with Gasteiger partial charge in [0.2, 0.25) is 0 Å². The summed E-state index contributed by atoms with van der Waals surface area (Å²) in [6, 6.07) is 0. The van der Waals surface area contributed by atoms with Crippen LogP contribution in [0.3, 0.4) is 0 Å². The Kier molecular flexibility index (Phi) is 5.93. The SMILES string of the molecule is COC(=O)CC(C=O)C1CC=C(CC[C@]2(C)C3CCC[C@@]4(C)C[C@@]34CC[C@@H]2C)CO1. The number of esters is 1. The van der Waals surface area contributed by atoms with Crippen LogP contribution in [0.15, 0.2) is 11.6 Å². The van der Waals surface area contributed by atoms with Gasteiger partial charge in [0.05, 0.1) is 32.2 Å². The number of carbonyl (C=O) groups is 2. The summed E-state index contributed by atoms with van der Waals surface area (Å²) in [6.45, 7) is 8.22. The maximum Gasteiger partial charge on any atom is 0.306 e. The summed E-state index contributed by atoms with van der Waals surface area (Å²) in [7, 11) is 1.36. The van der Waals surface area contributed by atoms with Gasteiger partial charge in [-0.3, -0.25) is 4.79 Å². The molecule has 0 aromatic rings. The molecule has 0 aromatic carbocycles. The molecule has 0 N–H and O–H groups in total. The average molecular weight is 417 g/mol. The Morgan fingerprint density at radius 1 is 1.33 bits per heavy atom. The van der Waals surface area contributed by atoms with Crippen molar-refractivity contribution in [2.75, 3.05) is 13.7 Å². The van der Waals surface area contributed by atoms with E-state index in [1.54, 1.807) is 0 Å². The molecule has 1 spiro atoms. The Hall–Kier alpha value is -1.16. The van der Waals surface area contributed by atoms with Crippen LogP contribution in [0.5, 0.6) is 0 Å². The van der Waals surface area contributed by atoms with E-state index in [9.17, 15) is 9.59 Å². The summed E-state index contributed by atoms with van der Waals surface area (Å²) in [4.78, 5) is 23.0. The molecular weight excluding hydrogens is 376 g/mol. The predicted molar refractivity (Wildman–Crippen MR) is 117 cm³/mol. The molecule has 3 fully saturated rings. The number of rotatable bonds is 7. The summed E-state index contributed by atoms with van der Waals surface area (Å²) < 4.78 is 10.7. The number of hydrogen-bond donors (Lipinski definition) is 0. The van der Waals surface area contributed by atoms with Crippen LogP contribution in [0.1, 0.15) is 85.0 Å². The molecule has 0 amide bonds. The van der Waals surface area contributed by atoms with Crippen molar-refractivity contribution < 1.29 is 19.1 Å². The predicted octanol–water partition coefficient (Wildman–Crippen LogP) is 5.49. The second-order valence-electron chi connectivity index (χ2n) is 11.3. The zero-order chi connectivity index (χ0) is 21.6. The quantitative estimate of drug-likeness (QED) is 0.313. The van der Waals surface area contributed by atoms with Gasteiger partial charge in [-0.1, -0.05) is 33.3 Å². The van der Waals surface area contributed by atoms with Crippen LogP contribution in [0.2, 0.25) is 0 Å². The van der Waals surface area contributed by atoms with Crippen LogP contribution in [0.25, 0.3) is 0 Å². The Balaban J connectivity index is 1.38. The molecule has 0 saturated heterocycles. The fourth-order valence-corrected chi connectivity index (χ4v) is 7.67. The second-order valence-corrected chi connectivity index (χ2v) is 11.3. The minimum atomic E-state index is -0.416. The molecule has 3 aliphatic carbocycles. The summed E-state index contributed by atoms with van der Waals surface area (Å²) in [6.07, 6.45) is 14.6. The molecule has 4 aliphatic rings. The Labute approximate surface area is 182 Å². The molecule has 1 heterocycles. The number of methoxy groups -OCH3 is 1. The number of ether oxygens (including phenoxy) is 2. The third-order valence-corrected chi connectivity index (χ3v) is 10.0. The molecule has 168 valence electrons. The fraction of sp³-hybridized carbons (Fsp3) is 0.846. The van der Waals surface area contributed by atoms with Gasteiger partial charge in [-0.2, -0.15) is 0 Å². The minimum absolute atomic E-state index is 0.103. The maximum absolute atomic E-state index is 11.5. The van der Waals surface area contributed by atoms with E-state index in [-0.39, 0.29) is 18.5 Å². The Morgan fingerprint density at radius 3 is 2.80 bits per heavy atom. The lowest BCUT2D eigenvalue weighted by Gasteiger charge is -2.55. The highest BCUT2D eigenvalue weighted by Gasteiger charge is 2.72. The highest BCUT2D eigenvalue weighted by atomic mass is 16.5. The van der Waals surface area contributed by atoms with Gasteiger partial charge < -0.3 is 14.3 Å². The van der Waals surface area contributed by atoms with Gasteiger partial charge in [-0.05, 0) is 85.0 Å². The molecular formula is C26H40O4. The van der Waals surface area contributed by atoms with Gasteiger partial charge in [0, 0.05) is 0 Å². The molecule has 3 saturated carbocycles. The minimum Gasteiger partial charge on any atom is -0.469 e. The standard InChI is InChI=1S/C26H40O4/c1-18-9-13-26-17-24(26,2)11-5-6-22(26)25(18,3)12-10-19-7-8-21(30-16-19)20(15-27)14-23(28)29-4/h7,15,18,20-22H,5-6,8-14,16-17H2,1-4H3/t18-,20?,21?,22?,24-,25-,26-/m0/s1. The van der Waals surface area contributed by atoms with Crippen molar-refractivity contribution in [3.63, 3.8) is 0 Å². The van der Waals surface area contributed by atoms with E-state index in [0.717, 1.165) is 24.5 Å². The summed E-state index contributed by atoms with van der Waals surface area (Å²) in [5, 5.41) is 0. The molecule has 0 aromatic heterocycles. The number of carbonyl (C=O) groups excluding carboxylic acids is 2. The van der Waals surface area contributed by atoms with E-state index in [1.165, 1.54) is 57.6 Å². The van der Waals surface area contributed by atoms with Crippen molar-refractivity contribution in [3.8, 4) is 0 Å². The van der Waals surface area contributed by atoms with E-state index < -0.39 is 5.92 Å². The normalized spacial score (nSPS) is 43.6. The molecule has 1 aliphatic heterocycles. The van der Waals surface area contributed by atoms with E-state index in [4.69, 9.17) is 9.47 Å². The Morgan fingerprint density at radius 2 is 2.13 bits per heavy atom. The smallest absolute Gasteiger partial charge is 0.306 e. The van der Waals surface area contributed by atoms with Crippen molar-refractivity contribution >= 4 is 12.3 Å². The largest absolute Gasteiger partial charge is 0.469 e. The number of hydrogen-bond acceptors (Lipinski definition) is 4. The van der Waals surface area contributed by atoms with Crippen LogP contribution in [0, 0.1) is 34.0 Å². The fourth-order valence-electron chi connectivity index (χ4n) is 7.67. The van der Waals surface area contributed by atoms with Crippen molar-refractivity contribution in [3.05, 3.63) is 11.6 Å². The lowest BCUT2D eigenvalue weighted by molar-refractivity contribution is -0.144. The second kappa shape index (κ2) is 8.07. The monoisotopic (exact) mass is 416 g/mol. The molecule has 7 atom stereocenters. The van der Waals surface area contributed by atoms with E-state index in [2.05, 4.69) is 26.8 Å². The average Bonchev–Trinajstić information content (AvgIpc) is 3.39. The van der Waals surface area contributed by atoms with Crippen LogP contribution in [0.4, 0.5) is 0 Å². The molecule has 3 unspecified atom stereocenters. The highest BCUT2D eigenvalue weighted by molar-refractivity contribution is 5.74. The van der Waals surface area contributed by atoms with Crippen LogP contribution in [-0.4, -0.2) is 32.1 Å². The van der Waals surface area contributed by atoms with E-state index in [1.807, 2.05) is 0 Å². The van der Waals surface area contributed by atoms with E-state index in [0.29, 0.717) is 29.3 Å². The van der Waals surface area contributed by atoms with E-state index >= 15 is 0 Å². The van der Waals surface area contributed by atoms with Crippen molar-refractivity contribution in [1.82, 2.24) is 0 Å². The first kappa shape index (κ1) is 22.0. The molecule has 30 heavy (non-hydrogen) atoms. The van der Waals surface area contributed by atoms with Gasteiger partial charge in [-0.25, -0.2) is 0 Å². The molecule has 0 bridgehead atoms. The van der Waals surface area contributed by atoms with Crippen LogP contribution >= 0.6 is 0 Å². The molecule has 4 heteroatoms. The Bertz CT molecular complexity index is 714. The van der Waals surface area contributed by atoms with Crippen LogP contribution in [-0.2, 0) is 19.1 Å². The van der Waals surface area contributed by atoms with Crippen LogP contribution < -0.4 is 0 Å². The van der Waals surface area contributed by atoms with Crippen molar-refractivity contribution in [2.24, 2.45) is 34.0 Å². The third kappa shape index (κ3) is 3.57. The van der Waals surface area contributed by atoms with Crippen molar-refractivity contribution in [2.45, 2.75) is 91.1 Å². The van der Waals surface area contributed by atoms with Gasteiger partial charge in [0.15, 0.2) is 0 Å². The number of aldehydes is 1. The first-order valence-corrected chi connectivity index (χ1v) is 12.1. The van der Waals surface area contributed by atoms with Crippen molar-refractivity contribution in [1.29, 1.82) is 0 Å². The van der Waals surface area contributed by atoms with Gasteiger partial charge >= 0.3 is 5.97 Å². The highest BCUT2D eigenvalue weighted by Crippen LogP contribution is 2.80. The van der Waals surface area contributed by atoms with Gasteiger partial charge in [-0.15, -0.1) is 0 Å². The topological polar surface area (TPSA) is 52.6 Å². The zero-order valence-electron chi connectivity index (χ0n) is 19.4. The lowest BCUT2D eigenvalue weighted by Crippen LogP contribution is -2.47. The summed E-state index contributed by atoms with van der Waals surface area (Å²) in [5.41, 5.74) is 3.06. The first-order valence-electron chi connectivity index (χ1n) is 12.1. The molecule has 0 radical (unpaired) electrons. The molecule has 4 rings (SSSR count). The third-order valence-electron chi connectivity index (χ3n) is 10.0. The summed E-state index contributed by atoms with van der Waals surface area (Å²) in [5.74, 6) is 0.900. The first-order chi connectivity index (χ1) is 14.3. The van der Waals surface area contributed by atoms with Gasteiger partial charge in [0.1, 0.15) is 6.29 Å². The molecule has 4 nitrogen and oxygen atoms in total. The maximum atomic E-state index is 11.5. The lowest BCUT2D eigenvalue weighted by atomic mass is 9.50. The van der Waals surface area contributed by atoms with Gasteiger partial charge in [0.25, 0.3) is 0 Å². The zero-order valence-corrected chi connectivity index (χ0v) is 19.4.